The Morgan fingerprint density at radius 3 is 2.56 bits per heavy atom. The molecule has 1 saturated heterocycles. The highest BCUT2D eigenvalue weighted by molar-refractivity contribution is 5.83. The van der Waals surface area contributed by atoms with Crippen LogP contribution in [0.15, 0.2) is 11.4 Å². The maximum absolute atomic E-state index is 13.7. The van der Waals surface area contributed by atoms with E-state index >= 15 is 0 Å². The minimum atomic E-state index is -0.532. The van der Waals surface area contributed by atoms with Crippen LogP contribution in [0.4, 0.5) is 4.39 Å². The van der Waals surface area contributed by atoms with Gasteiger partial charge in [-0.05, 0) is 51.0 Å². The Balaban J connectivity index is 1.92. The highest BCUT2D eigenvalue weighted by Crippen LogP contribution is 2.48. The standard InChI is InChI=1S/C14H23FN2O/c1-8(2)12(15)9(3)16-13(18)10-7-14(4)6-5-11(14)17-10/h9-11,17H,5-7H2,1-4H3,(H,16,18)/t9-,10+,11-,14-/m1/s1. The molecule has 1 aliphatic heterocycles. The molecule has 2 fully saturated rings. The average molecular weight is 254 g/mol. The van der Waals surface area contributed by atoms with E-state index in [1.54, 1.807) is 20.8 Å². The van der Waals surface area contributed by atoms with E-state index in [-0.39, 0.29) is 23.2 Å². The van der Waals surface area contributed by atoms with Gasteiger partial charge < -0.3 is 10.6 Å². The Bertz CT molecular complexity index is 389. The van der Waals surface area contributed by atoms with Gasteiger partial charge in [-0.1, -0.05) is 6.92 Å². The topological polar surface area (TPSA) is 41.1 Å². The number of carbonyl (C=O) groups excluding carboxylic acids is 1. The molecule has 0 aromatic heterocycles. The van der Waals surface area contributed by atoms with Gasteiger partial charge in [-0.15, -0.1) is 0 Å². The summed E-state index contributed by atoms with van der Waals surface area (Å²) in [5, 5.41) is 6.11. The number of rotatable bonds is 3. The van der Waals surface area contributed by atoms with E-state index < -0.39 is 6.04 Å². The number of nitrogens with one attached hydrogen (secondary N) is 2. The van der Waals surface area contributed by atoms with Gasteiger partial charge in [0.2, 0.25) is 5.91 Å². The van der Waals surface area contributed by atoms with E-state index in [9.17, 15) is 9.18 Å². The predicted octanol–water partition coefficient (Wildman–Crippen LogP) is 2.29. The molecule has 0 aromatic carbocycles. The molecule has 18 heavy (non-hydrogen) atoms. The molecular weight excluding hydrogens is 231 g/mol. The molecule has 1 amide bonds. The number of hydrogen-bond donors (Lipinski definition) is 2. The maximum Gasteiger partial charge on any atom is 0.237 e. The van der Waals surface area contributed by atoms with Crippen molar-refractivity contribution < 1.29 is 9.18 Å². The van der Waals surface area contributed by atoms with Gasteiger partial charge in [0.15, 0.2) is 0 Å². The number of hydrogen-bond acceptors (Lipinski definition) is 2. The molecule has 0 spiro atoms. The molecule has 1 saturated carbocycles. The molecule has 2 aliphatic rings. The van der Waals surface area contributed by atoms with Crippen molar-refractivity contribution in [3.63, 3.8) is 0 Å². The van der Waals surface area contributed by atoms with Crippen LogP contribution in [0, 0.1) is 5.41 Å². The zero-order valence-electron chi connectivity index (χ0n) is 11.6. The summed E-state index contributed by atoms with van der Waals surface area (Å²) in [5.41, 5.74) is 0.898. The fourth-order valence-corrected chi connectivity index (χ4v) is 3.06. The van der Waals surface area contributed by atoms with Crippen molar-refractivity contribution in [2.24, 2.45) is 5.41 Å². The second-order valence-corrected chi connectivity index (χ2v) is 6.25. The summed E-state index contributed by atoms with van der Waals surface area (Å²) in [6.45, 7) is 7.34. The first-order valence-electron chi connectivity index (χ1n) is 6.73. The van der Waals surface area contributed by atoms with Crippen LogP contribution in [0.25, 0.3) is 0 Å². The number of halogens is 1. The van der Waals surface area contributed by atoms with Crippen LogP contribution < -0.4 is 10.6 Å². The lowest BCUT2D eigenvalue weighted by atomic mass is 9.66. The van der Waals surface area contributed by atoms with Gasteiger partial charge in [-0.25, -0.2) is 4.39 Å². The van der Waals surface area contributed by atoms with Crippen LogP contribution in [0.1, 0.15) is 47.0 Å². The number of amides is 1. The van der Waals surface area contributed by atoms with Crippen LogP contribution in [-0.2, 0) is 4.79 Å². The van der Waals surface area contributed by atoms with E-state index in [2.05, 4.69) is 17.6 Å². The Morgan fingerprint density at radius 1 is 1.50 bits per heavy atom. The number of allylic oxidation sites excluding steroid dienone is 1. The second-order valence-electron chi connectivity index (χ2n) is 6.25. The monoisotopic (exact) mass is 254 g/mol. The second kappa shape index (κ2) is 4.65. The third-order valence-electron chi connectivity index (χ3n) is 4.45. The molecule has 0 unspecified atom stereocenters. The lowest BCUT2D eigenvalue weighted by Crippen LogP contribution is -2.48. The van der Waals surface area contributed by atoms with Crippen LogP contribution in [0.2, 0.25) is 0 Å². The average Bonchev–Trinajstić information content (AvgIpc) is 2.52. The zero-order chi connectivity index (χ0) is 13.5. The largest absolute Gasteiger partial charge is 0.346 e. The van der Waals surface area contributed by atoms with Gasteiger partial charge in [0.25, 0.3) is 0 Å². The fourth-order valence-electron chi connectivity index (χ4n) is 3.06. The summed E-state index contributed by atoms with van der Waals surface area (Å²) in [7, 11) is 0. The van der Waals surface area contributed by atoms with E-state index in [0.717, 1.165) is 12.8 Å². The van der Waals surface area contributed by atoms with Crippen molar-refractivity contribution in [2.45, 2.75) is 65.1 Å². The van der Waals surface area contributed by atoms with Crippen molar-refractivity contribution in [1.29, 1.82) is 0 Å². The van der Waals surface area contributed by atoms with Crippen LogP contribution in [0.3, 0.4) is 0 Å². The van der Waals surface area contributed by atoms with Crippen LogP contribution in [-0.4, -0.2) is 24.0 Å². The fraction of sp³-hybridized carbons (Fsp3) is 0.786. The summed E-state index contributed by atoms with van der Waals surface area (Å²) < 4.78 is 13.7. The highest BCUT2D eigenvalue weighted by atomic mass is 19.1. The van der Waals surface area contributed by atoms with Gasteiger partial charge in [-0.2, -0.15) is 0 Å². The lowest BCUT2D eigenvalue weighted by Gasteiger charge is -2.41. The SMILES string of the molecule is CC(C)=C(F)[C@@H](C)NC(=O)[C@@H]1C[C@@]2(C)CC[C@H]2N1. The summed E-state index contributed by atoms with van der Waals surface area (Å²) in [6.07, 6.45) is 3.21. The number of fused-ring (bicyclic) bond motifs is 1. The quantitative estimate of drug-likeness (QED) is 0.811. The third kappa shape index (κ3) is 2.30. The lowest BCUT2D eigenvalue weighted by molar-refractivity contribution is -0.123. The van der Waals surface area contributed by atoms with Crippen molar-refractivity contribution >= 4 is 5.91 Å². The molecule has 102 valence electrons. The van der Waals surface area contributed by atoms with Gasteiger partial charge in [0.05, 0.1) is 12.1 Å². The molecule has 1 aliphatic carbocycles. The Labute approximate surface area is 108 Å². The van der Waals surface area contributed by atoms with E-state index in [1.165, 1.54) is 6.42 Å². The molecule has 1 heterocycles. The van der Waals surface area contributed by atoms with Crippen molar-refractivity contribution in [1.82, 2.24) is 10.6 Å². The van der Waals surface area contributed by atoms with Gasteiger partial charge in [0, 0.05) is 6.04 Å². The molecule has 2 N–H and O–H groups in total. The normalized spacial score (nSPS) is 35.4. The summed E-state index contributed by atoms with van der Waals surface area (Å²) in [5.74, 6) is -0.315. The number of carbonyl (C=O) groups is 1. The summed E-state index contributed by atoms with van der Waals surface area (Å²) in [6, 6.07) is -0.220. The van der Waals surface area contributed by atoms with Crippen molar-refractivity contribution in [3.05, 3.63) is 11.4 Å². The molecule has 2 rings (SSSR count). The Hall–Kier alpha value is -0.900. The predicted molar refractivity (Wildman–Crippen MR) is 69.8 cm³/mol. The first-order chi connectivity index (χ1) is 8.33. The summed E-state index contributed by atoms with van der Waals surface area (Å²) >= 11 is 0. The Kier molecular flexibility index (Phi) is 3.49. The smallest absolute Gasteiger partial charge is 0.237 e. The molecular formula is C14H23FN2O. The molecule has 3 nitrogen and oxygen atoms in total. The summed E-state index contributed by atoms with van der Waals surface area (Å²) in [4.78, 5) is 12.1. The molecule has 4 atom stereocenters. The third-order valence-corrected chi connectivity index (χ3v) is 4.45. The first kappa shape index (κ1) is 13.5. The zero-order valence-corrected chi connectivity index (χ0v) is 11.6. The molecule has 0 aromatic rings. The van der Waals surface area contributed by atoms with Gasteiger partial charge >= 0.3 is 0 Å². The van der Waals surface area contributed by atoms with E-state index in [0.29, 0.717) is 11.6 Å². The first-order valence-corrected chi connectivity index (χ1v) is 6.73. The minimum absolute atomic E-state index is 0.0745. The molecule has 4 heteroatoms. The van der Waals surface area contributed by atoms with Gasteiger partial charge in [0.1, 0.15) is 5.83 Å². The molecule has 0 radical (unpaired) electrons. The maximum atomic E-state index is 13.7. The minimum Gasteiger partial charge on any atom is -0.346 e. The van der Waals surface area contributed by atoms with Crippen LogP contribution >= 0.6 is 0 Å². The highest BCUT2D eigenvalue weighted by Gasteiger charge is 2.51. The van der Waals surface area contributed by atoms with E-state index in [1.807, 2.05) is 0 Å². The van der Waals surface area contributed by atoms with Gasteiger partial charge in [-0.3, -0.25) is 4.79 Å². The van der Waals surface area contributed by atoms with E-state index in [4.69, 9.17) is 0 Å². The Morgan fingerprint density at radius 2 is 2.17 bits per heavy atom. The van der Waals surface area contributed by atoms with Crippen LogP contribution in [0.5, 0.6) is 0 Å². The van der Waals surface area contributed by atoms with Crippen molar-refractivity contribution in [3.8, 4) is 0 Å². The van der Waals surface area contributed by atoms with Crippen molar-refractivity contribution in [2.75, 3.05) is 0 Å². The molecule has 0 bridgehead atoms.